The molecule has 214 valence electrons. The van der Waals surface area contributed by atoms with Gasteiger partial charge in [-0.15, -0.1) is 0 Å². The maximum Gasteiger partial charge on any atom is 0.264 e. The van der Waals surface area contributed by atoms with Gasteiger partial charge in [0, 0.05) is 13.1 Å². The number of ether oxygens (including phenoxy) is 1. The van der Waals surface area contributed by atoms with Crippen LogP contribution < -0.4 is 14.4 Å². The second kappa shape index (κ2) is 14.0. The maximum absolute atomic E-state index is 13.9. The molecule has 0 aromatic heterocycles. The van der Waals surface area contributed by atoms with E-state index in [0.29, 0.717) is 24.6 Å². The fourth-order valence-corrected chi connectivity index (χ4v) is 5.52. The molecule has 40 heavy (non-hydrogen) atoms. The van der Waals surface area contributed by atoms with Crippen molar-refractivity contribution in [2.24, 2.45) is 0 Å². The number of carbonyl (C=O) groups is 2. The number of carbonyl (C=O) groups excluding carboxylic acids is 2. The summed E-state index contributed by atoms with van der Waals surface area (Å²) in [7, 11) is -4.12. The number of nitrogens with zero attached hydrogens (tertiary/aromatic N) is 2. The van der Waals surface area contributed by atoms with Crippen molar-refractivity contribution in [2.75, 3.05) is 24.0 Å². The van der Waals surface area contributed by atoms with Gasteiger partial charge in [-0.1, -0.05) is 54.4 Å². The molecule has 1 atom stereocenters. The fourth-order valence-electron chi connectivity index (χ4n) is 4.11. The molecule has 1 N–H and O–H groups in total. The number of aryl methyl sites for hydroxylation is 2. The first-order valence-corrected chi connectivity index (χ1v) is 15.0. The molecule has 8 nitrogen and oxygen atoms in total. The number of hydrogen-bond donors (Lipinski definition) is 1. The molecule has 0 radical (unpaired) electrons. The highest BCUT2D eigenvalue weighted by atomic mass is 32.2. The predicted octanol–water partition coefficient (Wildman–Crippen LogP) is 4.84. The molecule has 2 amide bonds. The Bertz CT molecular complexity index is 1370. The van der Waals surface area contributed by atoms with Gasteiger partial charge in [0.2, 0.25) is 11.8 Å². The molecule has 0 aliphatic rings. The van der Waals surface area contributed by atoms with Gasteiger partial charge in [-0.25, -0.2) is 8.42 Å². The van der Waals surface area contributed by atoms with Crippen molar-refractivity contribution in [3.8, 4) is 5.75 Å². The van der Waals surface area contributed by atoms with E-state index >= 15 is 0 Å². The minimum absolute atomic E-state index is 0.0682. The Morgan fingerprint density at radius 1 is 0.875 bits per heavy atom. The van der Waals surface area contributed by atoms with E-state index in [1.54, 1.807) is 43.3 Å². The van der Waals surface area contributed by atoms with Crippen LogP contribution >= 0.6 is 0 Å². The van der Waals surface area contributed by atoms with Crippen molar-refractivity contribution in [2.45, 2.75) is 58.5 Å². The topological polar surface area (TPSA) is 96.0 Å². The second-order valence-corrected chi connectivity index (χ2v) is 11.6. The summed E-state index contributed by atoms with van der Waals surface area (Å²) in [6.07, 6.45) is 0.755. The van der Waals surface area contributed by atoms with Crippen molar-refractivity contribution in [1.29, 1.82) is 0 Å². The van der Waals surface area contributed by atoms with Crippen LogP contribution in [0.2, 0.25) is 0 Å². The minimum Gasteiger partial charge on any atom is -0.494 e. The summed E-state index contributed by atoms with van der Waals surface area (Å²) in [5.41, 5.74) is 3.14. The molecule has 0 bridgehead atoms. The van der Waals surface area contributed by atoms with E-state index in [2.05, 4.69) is 5.32 Å². The molecule has 0 aliphatic heterocycles. The molecular weight excluding hydrogens is 526 g/mol. The Morgan fingerprint density at radius 2 is 1.45 bits per heavy atom. The van der Waals surface area contributed by atoms with E-state index in [4.69, 9.17) is 4.74 Å². The van der Waals surface area contributed by atoms with Crippen LogP contribution in [-0.4, -0.2) is 50.9 Å². The van der Waals surface area contributed by atoms with Crippen molar-refractivity contribution in [3.05, 3.63) is 89.5 Å². The molecule has 0 saturated heterocycles. The summed E-state index contributed by atoms with van der Waals surface area (Å²) in [4.78, 5) is 28.4. The lowest BCUT2D eigenvalue weighted by molar-refractivity contribution is -0.139. The smallest absolute Gasteiger partial charge is 0.264 e. The molecule has 9 heteroatoms. The van der Waals surface area contributed by atoms with Gasteiger partial charge in [-0.05, 0) is 76.1 Å². The largest absolute Gasteiger partial charge is 0.494 e. The maximum atomic E-state index is 13.9. The molecule has 0 spiro atoms. The predicted molar refractivity (Wildman–Crippen MR) is 158 cm³/mol. The van der Waals surface area contributed by atoms with Gasteiger partial charge in [0.15, 0.2) is 0 Å². The summed E-state index contributed by atoms with van der Waals surface area (Å²) < 4.78 is 34.4. The zero-order valence-corrected chi connectivity index (χ0v) is 24.7. The Kier molecular flexibility index (Phi) is 10.7. The third kappa shape index (κ3) is 7.85. The first-order valence-electron chi connectivity index (χ1n) is 13.5. The molecule has 3 aromatic carbocycles. The summed E-state index contributed by atoms with van der Waals surface area (Å²) in [5.74, 6) is -0.201. The fraction of sp³-hybridized carbons (Fsp3) is 0.355. The molecule has 3 aromatic rings. The lowest BCUT2D eigenvalue weighted by Gasteiger charge is -2.32. The van der Waals surface area contributed by atoms with E-state index < -0.39 is 28.5 Å². The van der Waals surface area contributed by atoms with Crippen LogP contribution in [0, 0.1) is 13.8 Å². The average Bonchev–Trinajstić information content (AvgIpc) is 2.94. The van der Waals surface area contributed by atoms with E-state index in [1.165, 1.54) is 17.0 Å². The lowest BCUT2D eigenvalue weighted by Crippen LogP contribution is -2.51. The third-order valence-corrected chi connectivity index (χ3v) is 8.30. The summed E-state index contributed by atoms with van der Waals surface area (Å²) in [6.45, 7) is 9.93. The zero-order valence-electron chi connectivity index (χ0n) is 23.9. The van der Waals surface area contributed by atoms with E-state index in [-0.39, 0.29) is 17.3 Å². The van der Waals surface area contributed by atoms with Crippen LogP contribution in [0.5, 0.6) is 5.75 Å². The summed E-state index contributed by atoms with van der Waals surface area (Å²) in [5, 5.41) is 2.85. The van der Waals surface area contributed by atoms with Gasteiger partial charge in [-0.2, -0.15) is 0 Å². The van der Waals surface area contributed by atoms with Gasteiger partial charge in [0.25, 0.3) is 10.0 Å². The number of sulfonamides is 1. The van der Waals surface area contributed by atoms with Crippen molar-refractivity contribution in [3.63, 3.8) is 0 Å². The number of rotatable bonds is 13. The standard InChI is InChI=1S/C31H39N3O5S/c1-6-20-32-31(36)25(5)33(21-26-12-8-23(3)9-13-26)30(35)22-34(27-14-16-28(17-15-27)39-7-2)40(37,38)29-18-10-24(4)11-19-29/h8-19,25H,6-7,20-22H2,1-5H3,(H,32,36)/t25-/m0/s1. The number of amides is 2. The number of anilines is 1. The van der Waals surface area contributed by atoms with E-state index in [1.807, 2.05) is 52.0 Å². The van der Waals surface area contributed by atoms with Gasteiger partial charge >= 0.3 is 0 Å². The molecule has 0 heterocycles. The normalized spacial score (nSPS) is 11.9. The van der Waals surface area contributed by atoms with Gasteiger partial charge in [0.1, 0.15) is 18.3 Å². The third-order valence-electron chi connectivity index (χ3n) is 6.51. The highest BCUT2D eigenvalue weighted by Gasteiger charge is 2.32. The molecule has 0 unspecified atom stereocenters. The van der Waals surface area contributed by atoms with Crippen molar-refractivity contribution >= 4 is 27.5 Å². The lowest BCUT2D eigenvalue weighted by atomic mass is 10.1. The average molecular weight is 566 g/mol. The van der Waals surface area contributed by atoms with Gasteiger partial charge in [0.05, 0.1) is 17.2 Å². The van der Waals surface area contributed by atoms with Crippen LogP contribution in [0.4, 0.5) is 5.69 Å². The van der Waals surface area contributed by atoms with Crippen LogP contribution in [0.1, 0.15) is 43.9 Å². The highest BCUT2D eigenvalue weighted by molar-refractivity contribution is 7.92. The van der Waals surface area contributed by atoms with Crippen molar-refractivity contribution < 1.29 is 22.7 Å². The van der Waals surface area contributed by atoms with E-state index in [9.17, 15) is 18.0 Å². The molecule has 0 aliphatic carbocycles. The zero-order chi connectivity index (χ0) is 29.3. The van der Waals surface area contributed by atoms with Crippen LogP contribution in [0.3, 0.4) is 0 Å². The Hall–Kier alpha value is -3.85. The number of benzene rings is 3. The van der Waals surface area contributed by atoms with Gasteiger partial charge < -0.3 is 15.0 Å². The van der Waals surface area contributed by atoms with Crippen LogP contribution in [-0.2, 0) is 26.2 Å². The second-order valence-electron chi connectivity index (χ2n) is 9.73. The summed E-state index contributed by atoms with van der Waals surface area (Å²) >= 11 is 0. The SMILES string of the molecule is CCCNC(=O)[C@H](C)N(Cc1ccc(C)cc1)C(=O)CN(c1ccc(OCC)cc1)S(=O)(=O)c1ccc(C)cc1. The first kappa shape index (κ1) is 30.7. The minimum atomic E-state index is -4.12. The quantitative estimate of drug-likeness (QED) is 0.320. The van der Waals surface area contributed by atoms with Crippen molar-refractivity contribution in [1.82, 2.24) is 10.2 Å². The molecule has 3 rings (SSSR count). The Labute approximate surface area is 238 Å². The summed E-state index contributed by atoms with van der Waals surface area (Å²) in [6, 6.07) is 19.9. The first-order chi connectivity index (χ1) is 19.1. The van der Waals surface area contributed by atoms with Crippen LogP contribution in [0.25, 0.3) is 0 Å². The Balaban J connectivity index is 2.01. The monoisotopic (exact) mass is 565 g/mol. The van der Waals surface area contributed by atoms with E-state index in [0.717, 1.165) is 27.4 Å². The Morgan fingerprint density at radius 3 is 2.00 bits per heavy atom. The number of nitrogens with one attached hydrogen (secondary N) is 1. The molecule has 0 fully saturated rings. The molecular formula is C31H39N3O5S. The number of hydrogen-bond acceptors (Lipinski definition) is 5. The highest BCUT2D eigenvalue weighted by Crippen LogP contribution is 2.27. The molecule has 0 saturated carbocycles. The van der Waals surface area contributed by atoms with Gasteiger partial charge in [-0.3, -0.25) is 13.9 Å². The van der Waals surface area contributed by atoms with Crippen LogP contribution in [0.15, 0.2) is 77.7 Å².